The van der Waals surface area contributed by atoms with Gasteiger partial charge < -0.3 is 4.90 Å². The second-order valence-electron chi connectivity index (χ2n) is 4.15. The van der Waals surface area contributed by atoms with Gasteiger partial charge in [0.1, 0.15) is 5.82 Å². The van der Waals surface area contributed by atoms with E-state index in [2.05, 4.69) is 28.7 Å². The first kappa shape index (κ1) is 9.44. The summed E-state index contributed by atoms with van der Waals surface area (Å²) in [4.78, 5) is 11.2. The summed E-state index contributed by atoms with van der Waals surface area (Å²) in [5.41, 5.74) is 1.08. The zero-order valence-corrected chi connectivity index (χ0v) is 8.90. The molecule has 1 aliphatic rings. The monoisotopic (exact) mass is 191 g/mol. The Morgan fingerprint density at radius 1 is 1.14 bits per heavy atom. The predicted octanol–water partition coefficient (Wildman–Crippen LogP) is 2.20. The fourth-order valence-electron chi connectivity index (χ4n) is 1.74. The Balaban J connectivity index is 2.12. The molecule has 1 fully saturated rings. The van der Waals surface area contributed by atoms with E-state index in [-0.39, 0.29) is 0 Å². The number of anilines is 1. The third-order valence-corrected chi connectivity index (χ3v) is 2.68. The summed E-state index contributed by atoms with van der Waals surface area (Å²) in [7, 11) is 0. The van der Waals surface area contributed by atoms with Crippen LogP contribution in [0.25, 0.3) is 0 Å². The average Bonchev–Trinajstić information content (AvgIpc) is 2.71. The molecule has 76 valence electrons. The van der Waals surface area contributed by atoms with Crippen molar-refractivity contribution in [1.82, 2.24) is 9.97 Å². The van der Waals surface area contributed by atoms with Gasteiger partial charge in [-0.1, -0.05) is 13.8 Å². The minimum atomic E-state index is 0.468. The van der Waals surface area contributed by atoms with Gasteiger partial charge in [-0.15, -0.1) is 0 Å². The highest BCUT2D eigenvalue weighted by atomic mass is 15.2. The molecule has 14 heavy (non-hydrogen) atoms. The smallest absolute Gasteiger partial charge is 0.147 e. The number of rotatable bonds is 2. The lowest BCUT2D eigenvalue weighted by atomic mass is 10.1. The highest BCUT2D eigenvalue weighted by Crippen LogP contribution is 2.18. The Labute approximate surface area is 85.2 Å². The molecule has 0 N–H and O–H groups in total. The normalized spacial score (nSPS) is 16.6. The molecular formula is C11H17N3. The number of hydrogen-bond acceptors (Lipinski definition) is 3. The van der Waals surface area contributed by atoms with E-state index in [4.69, 9.17) is 0 Å². The molecule has 0 bridgehead atoms. The Morgan fingerprint density at radius 3 is 2.36 bits per heavy atom. The van der Waals surface area contributed by atoms with Crippen LogP contribution in [0, 0.1) is 0 Å². The molecule has 2 heterocycles. The summed E-state index contributed by atoms with van der Waals surface area (Å²) in [5, 5.41) is 0. The van der Waals surface area contributed by atoms with Crippen molar-refractivity contribution in [2.75, 3.05) is 18.0 Å². The van der Waals surface area contributed by atoms with Crippen molar-refractivity contribution in [1.29, 1.82) is 0 Å². The molecule has 2 rings (SSSR count). The largest absolute Gasteiger partial charge is 0.355 e. The van der Waals surface area contributed by atoms with Gasteiger partial charge in [0.25, 0.3) is 0 Å². The van der Waals surface area contributed by atoms with Crippen LogP contribution in [0.15, 0.2) is 12.4 Å². The maximum Gasteiger partial charge on any atom is 0.147 e. The van der Waals surface area contributed by atoms with E-state index in [0.29, 0.717) is 5.92 Å². The molecule has 0 amide bonds. The SMILES string of the molecule is CC(C)c1cnc(N2CCCC2)cn1. The molecule has 3 nitrogen and oxygen atoms in total. The third kappa shape index (κ3) is 1.86. The molecule has 1 aromatic heterocycles. The van der Waals surface area contributed by atoms with Crippen LogP contribution in [0.4, 0.5) is 5.82 Å². The summed E-state index contributed by atoms with van der Waals surface area (Å²) in [5.74, 6) is 1.50. The first-order valence-corrected chi connectivity index (χ1v) is 5.34. The molecule has 0 aliphatic carbocycles. The van der Waals surface area contributed by atoms with Crippen LogP contribution >= 0.6 is 0 Å². The quantitative estimate of drug-likeness (QED) is 0.717. The van der Waals surface area contributed by atoms with Crippen LogP contribution in [0.2, 0.25) is 0 Å². The average molecular weight is 191 g/mol. The second-order valence-corrected chi connectivity index (χ2v) is 4.15. The molecule has 1 aliphatic heterocycles. The van der Waals surface area contributed by atoms with Crippen LogP contribution in [-0.2, 0) is 0 Å². The van der Waals surface area contributed by atoms with Crippen LogP contribution in [0.5, 0.6) is 0 Å². The first-order chi connectivity index (χ1) is 6.77. The highest BCUT2D eigenvalue weighted by molar-refractivity contribution is 5.36. The van der Waals surface area contributed by atoms with Crippen LogP contribution < -0.4 is 4.90 Å². The molecule has 1 aromatic rings. The van der Waals surface area contributed by atoms with E-state index < -0.39 is 0 Å². The van der Waals surface area contributed by atoms with Gasteiger partial charge in [-0.25, -0.2) is 4.98 Å². The summed E-state index contributed by atoms with van der Waals surface area (Å²) in [6.07, 6.45) is 6.38. The fraction of sp³-hybridized carbons (Fsp3) is 0.636. The molecular weight excluding hydrogens is 174 g/mol. The zero-order chi connectivity index (χ0) is 9.97. The van der Waals surface area contributed by atoms with Crippen molar-refractivity contribution in [2.24, 2.45) is 0 Å². The van der Waals surface area contributed by atoms with Crippen LogP contribution in [0.3, 0.4) is 0 Å². The standard InChI is InChI=1S/C11H17N3/c1-9(2)10-7-13-11(8-12-10)14-5-3-4-6-14/h7-9H,3-6H2,1-2H3. The lowest BCUT2D eigenvalue weighted by Gasteiger charge is -2.16. The Kier molecular flexibility index (Phi) is 2.66. The van der Waals surface area contributed by atoms with Gasteiger partial charge >= 0.3 is 0 Å². The van der Waals surface area contributed by atoms with E-state index in [1.165, 1.54) is 12.8 Å². The molecule has 3 heteroatoms. The Morgan fingerprint density at radius 2 is 1.86 bits per heavy atom. The summed E-state index contributed by atoms with van der Waals surface area (Å²) in [6.45, 7) is 6.55. The van der Waals surface area contributed by atoms with Gasteiger partial charge in [0.2, 0.25) is 0 Å². The number of aromatic nitrogens is 2. The van der Waals surface area contributed by atoms with Crippen LogP contribution in [-0.4, -0.2) is 23.1 Å². The van der Waals surface area contributed by atoms with Crippen molar-refractivity contribution in [3.63, 3.8) is 0 Å². The van der Waals surface area contributed by atoms with Crippen molar-refractivity contribution in [2.45, 2.75) is 32.6 Å². The minimum Gasteiger partial charge on any atom is -0.355 e. The summed E-state index contributed by atoms with van der Waals surface area (Å²) >= 11 is 0. The second kappa shape index (κ2) is 3.95. The van der Waals surface area contributed by atoms with Crippen molar-refractivity contribution in [3.05, 3.63) is 18.1 Å². The van der Waals surface area contributed by atoms with E-state index >= 15 is 0 Å². The van der Waals surface area contributed by atoms with E-state index in [1.807, 2.05) is 12.4 Å². The maximum absolute atomic E-state index is 4.45. The molecule has 1 saturated heterocycles. The third-order valence-electron chi connectivity index (χ3n) is 2.68. The predicted molar refractivity (Wildman–Crippen MR) is 57.6 cm³/mol. The van der Waals surface area contributed by atoms with Crippen molar-refractivity contribution < 1.29 is 0 Å². The molecule has 0 atom stereocenters. The van der Waals surface area contributed by atoms with Gasteiger partial charge in [-0.3, -0.25) is 4.98 Å². The van der Waals surface area contributed by atoms with Gasteiger partial charge in [-0.2, -0.15) is 0 Å². The fourth-order valence-corrected chi connectivity index (χ4v) is 1.74. The number of hydrogen-bond donors (Lipinski definition) is 0. The lowest BCUT2D eigenvalue weighted by molar-refractivity contribution is 0.804. The van der Waals surface area contributed by atoms with E-state index in [0.717, 1.165) is 24.6 Å². The summed E-state index contributed by atoms with van der Waals surface area (Å²) < 4.78 is 0. The van der Waals surface area contributed by atoms with E-state index in [1.54, 1.807) is 0 Å². The molecule has 0 aromatic carbocycles. The van der Waals surface area contributed by atoms with Crippen LogP contribution in [0.1, 0.15) is 38.3 Å². The van der Waals surface area contributed by atoms with Crippen molar-refractivity contribution in [3.8, 4) is 0 Å². The molecule has 0 spiro atoms. The van der Waals surface area contributed by atoms with Gasteiger partial charge in [0.15, 0.2) is 0 Å². The first-order valence-electron chi connectivity index (χ1n) is 5.34. The summed E-state index contributed by atoms with van der Waals surface area (Å²) in [6, 6.07) is 0. The molecule has 0 unspecified atom stereocenters. The van der Waals surface area contributed by atoms with E-state index in [9.17, 15) is 0 Å². The lowest BCUT2D eigenvalue weighted by Crippen LogP contribution is -2.19. The topological polar surface area (TPSA) is 29.0 Å². The molecule has 0 radical (unpaired) electrons. The highest BCUT2D eigenvalue weighted by Gasteiger charge is 2.13. The maximum atomic E-state index is 4.45. The van der Waals surface area contributed by atoms with Gasteiger partial charge in [0.05, 0.1) is 18.1 Å². The number of nitrogens with zero attached hydrogens (tertiary/aromatic N) is 3. The molecule has 0 saturated carbocycles. The van der Waals surface area contributed by atoms with Gasteiger partial charge in [-0.05, 0) is 18.8 Å². The Hall–Kier alpha value is -1.12. The van der Waals surface area contributed by atoms with Crippen molar-refractivity contribution >= 4 is 5.82 Å². The van der Waals surface area contributed by atoms with Gasteiger partial charge in [0, 0.05) is 13.1 Å². The zero-order valence-electron chi connectivity index (χ0n) is 8.90. The Bertz CT molecular complexity index is 286. The minimum absolute atomic E-state index is 0.468.